The number of aryl methyl sites for hydroxylation is 3. The second-order valence-electron chi connectivity index (χ2n) is 7.64. The molecule has 0 radical (unpaired) electrons. The summed E-state index contributed by atoms with van der Waals surface area (Å²) < 4.78 is 7.21. The van der Waals surface area contributed by atoms with Gasteiger partial charge < -0.3 is 19.9 Å². The van der Waals surface area contributed by atoms with Crippen LogP contribution in [0.2, 0.25) is 0 Å². The molecule has 0 fully saturated rings. The molecule has 3 aromatic rings. The molecule has 1 aromatic heterocycles. The van der Waals surface area contributed by atoms with Crippen molar-refractivity contribution in [2.75, 3.05) is 13.7 Å². The summed E-state index contributed by atoms with van der Waals surface area (Å²) in [5, 5.41) is 15.2. The maximum atomic E-state index is 5.23. The van der Waals surface area contributed by atoms with Gasteiger partial charge in [0.2, 0.25) is 0 Å². The average Bonchev–Trinajstić information content (AvgIpc) is 3.09. The molecule has 0 bridgehead atoms. The van der Waals surface area contributed by atoms with E-state index < -0.39 is 0 Å². The number of hydrogen-bond donors (Lipinski definition) is 2. The number of nitrogens with zero attached hydrogens (tertiary/aromatic N) is 4. The molecule has 3 rings (SSSR count). The number of ether oxygens (including phenoxy) is 1. The van der Waals surface area contributed by atoms with Crippen LogP contribution in [-0.4, -0.2) is 34.4 Å². The Kier molecular flexibility index (Phi) is 7.65. The van der Waals surface area contributed by atoms with Crippen molar-refractivity contribution in [3.8, 4) is 5.75 Å². The SMILES string of the molecule is COc1ccc(CN=C(NCCc2c(C)cccc2C)NCc2nnc(C)n2C)cc1. The fourth-order valence-corrected chi connectivity index (χ4v) is 3.39. The van der Waals surface area contributed by atoms with Gasteiger partial charge in [0.25, 0.3) is 0 Å². The zero-order valence-corrected chi connectivity index (χ0v) is 19.1. The predicted octanol–water partition coefficient (Wildman–Crippen LogP) is 3.23. The van der Waals surface area contributed by atoms with Gasteiger partial charge in [-0.25, -0.2) is 4.99 Å². The van der Waals surface area contributed by atoms with Crippen LogP contribution in [0.1, 0.15) is 33.9 Å². The van der Waals surface area contributed by atoms with Crippen molar-refractivity contribution in [3.63, 3.8) is 0 Å². The zero-order chi connectivity index (χ0) is 22.2. The van der Waals surface area contributed by atoms with Gasteiger partial charge in [-0.3, -0.25) is 0 Å². The summed E-state index contributed by atoms with van der Waals surface area (Å²) in [6.07, 6.45) is 0.935. The first kappa shape index (κ1) is 22.3. The highest BCUT2D eigenvalue weighted by Crippen LogP contribution is 2.14. The smallest absolute Gasteiger partial charge is 0.191 e. The Hall–Kier alpha value is -3.35. The first-order valence-corrected chi connectivity index (χ1v) is 10.5. The molecular formula is C24H32N6O. The van der Waals surface area contributed by atoms with E-state index in [1.165, 1.54) is 16.7 Å². The third-order valence-electron chi connectivity index (χ3n) is 5.49. The molecule has 2 N–H and O–H groups in total. The molecule has 0 aliphatic heterocycles. The van der Waals surface area contributed by atoms with E-state index in [1.807, 2.05) is 42.8 Å². The summed E-state index contributed by atoms with van der Waals surface area (Å²) in [7, 11) is 3.64. The number of rotatable bonds is 8. The predicted molar refractivity (Wildman–Crippen MR) is 124 cm³/mol. The number of guanidine groups is 1. The van der Waals surface area contributed by atoms with Gasteiger partial charge >= 0.3 is 0 Å². The van der Waals surface area contributed by atoms with Crippen molar-refractivity contribution in [2.24, 2.45) is 12.0 Å². The minimum Gasteiger partial charge on any atom is -0.497 e. The van der Waals surface area contributed by atoms with Gasteiger partial charge in [0, 0.05) is 13.6 Å². The lowest BCUT2D eigenvalue weighted by Crippen LogP contribution is -2.38. The summed E-state index contributed by atoms with van der Waals surface area (Å²) in [5.41, 5.74) is 5.14. The normalized spacial score (nSPS) is 11.5. The first-order valence-electron chi connectivity index (χ1n) is 10.5. The fraction of sp³-hybridized carbons (Fsp3) is 0.375. The lowest BCUT2D eigenvalue weighted by atomic mass is 10.0. The highest BCUT2D eigenvalue weighted by Gasteiger charge is 2.07. The van der Waals surface area contributed by atoms with E-state index >= 15 is 0 Å². The zero-order valence-electron chi connectivity index (χ0n) is 19.1. The highest BCUT2D eigenvalue weighted by atomic mass is 16.5. The molecule has 0 amide bonds. The number of aliphatic imine (C=N–C) groups is 1. The largest absolute Gasteiger partial charge is 0.497 e. The Balaban J connectivity index is 1.67. The molecule has 1 heterocycles. The van der Waals surface area contributed by atoms with E-state index in [4.69, 9.17) is 9.73 Å². The van der Waals surface area contributed by atoms with Gasteiger partial charge in [-0.2, -0.15) is 0 Å². The van der Waals surface area contributed by atoms with E-state index in [2.05, 4.69) is 52.9 Å². The van der Waals surface area contributed by atoms with E-state index in [9.17, 15) is 0 Å². The fourth-order valence-electron chi connectivity index (χ4n) is 3.39. The van der Waals surface area contributed by atoms with Gasteiger partial charge in [0.05, 0.1) is 20.2 Å². The number of hydrogen-bond acceptors (Lipinski definition) is 4. The van der Waals surface area contributed by atoms with Crippen LogP contribution >= 0.6 is 0 Å². The monoisotopic (exact) mass is 420 g/mol. The van der Waals surface area contributed by atoms with E-state index in [0.29, 0.717) is 13.1 Å². The molecule has 0 saturated heterocycles. The highest BCUT2D eigenvalue weighted by molar-refractivity contribution is 5.79. The summed E-state index contributed by atoms with van der Waals surface area (Å²) >= 11 is 0. The number of methoxy groups -OCH3 is 1. The first-order chi connectivity index (χ1) is 15.0. The third kappa shape index (κ3) is 6.07. The number of aromatic nitrogens is 3. The van der Waals surface area contributed by atoms with Crippen LogP contribution in [0.15, 0.2) is 47.5 Å². The number of benzene rings is 2. The molecule has 0 aliphatic rings. The maximum Gasteiger partial charge on any atom is 0.191 e. The second kappa shape index (κ2) is 10.6. The Morgan fingerprint density at radius 2 is 1.71 bits per heavy atom. The van der Waals surface area contributed by atoms with Gasteiger partial charge in [-0.15, -0.1) is 10.2 Å². The summed E-state index contributed by atoms with van der Waals surface area (Å²) in [6.45, 7) is 8.18. The van der Waals surface area contributed by atoms with Crippen molar-refractivity contribution in [1.82, 2.24) is 25.4 Å². The molecule has 0 aliphatic carbocycles. The van der Waals surface area contributed by atoms with E-state index in [1.54, 1.807) is 7.11 Å². The van der Waals surface area contributed by atoms with E-state index in [0.717, 1.165) is 41.9 Å². The number of nitrogens with one attached hydrogen (secondary N) is 2. The minimum atomic E-state index is 0.551. The van der Waals surface area contributed by atoms with Crippen LogP contribution in [-0.2, 0) is 26.6 Å². The van der Waals surface area contributed by atoms with Crippen molar-refractivity contribution in [2.45, 2.75) is 40.3 Å². The Bertz CT molecular complexity index is 1000. The third-order valence-corrected chi connectivity index (χ3v) is 5.49. The molecule has 2 aromatic carbocycles. The van der Waals surface area contributed by atoms with Crippen LogP contribution in [0.4, 0.5) is 0 Å². The van der Waals surface area contributed by atoms with Gasteiger partial charge in [0.15, 0.2) is 11.8 Å². The summed E-state index contributed by atoms with van der Waals surface area (Å²) in [4.78, 5) is 4.77. The summed E-state index contributed by atoms with van der Waals surface area (Å²) in [5.74, 6) is 3.35. The van der Waals surface area contributed by atoms with Crippen LogP contribution < -0.4 is 15.4 Å². The van der Waals surface area contributed by atoms with Gasteiger partial charge in [0.1, 0.15) is 11.6 Å². The van der Waals surface area contributed by atoms with Crippen LogP contribution in [0, 0.1) is 20.8 Å². The van der Waals surface area contributed by atoms with Crippen LogP contribution in [0.5, 0.6) is 5.75 Å². The molecule has 31 heavy (non-hydrogen) atoms. The molecular weight excluding hydrogens is 388 g/mol. The minimum absolute atomic E-state index is 0.551. The van der Waals surface area contributed by atoms with Gasteiger partial charge in [-0.05, 0) is 61.6 Å². The lowest BCUT2D eigenvalue weighted by molar-refractivity contribution is 0.414. The topological polar surface area (TPSA) is 76.4 Å². The lowest BCUT2D eigenvalue weighted by Gasteiger charge is -2.14. The molecule has 7 nitrogen and oxygen atoms in total. The molecule has 0 atom stereocenters. The van der Waals surface area contributed by atoms with Crippen molar-refractivity contribution < 1.29 is 4.74 Å². The molecule has 164 valence electrons. The maximum absolute atomic E-state index is 5.23. The van der Waals surface area contributed by atoms with Crippen molar-refractivity contribution in [3.05, 3.63) is 76.4 Å². The Labute approximate surface area is 184 Å². The molecule has 0 saturated carbocycles. The molecule has 0 spiro atoms. The van der Waals surface area contributed by atoms with Gasteiger partial charge in [-0.1, -0.05) is 30.3 Å². The quantitative estimate of drug-likeness (QED) is 0.432. The van der Waals surface area contributed by atoms with Crippen LogP contribution in [0.25, 0.3) is 0 Å². The Morgan fingerprint density at radius 3 is 2.32 bits per heavy atom. The summed E-state index contributed by atoms with van der Waals surface area (Å²) in [6, 6.07) is 14.4. The van der Waals surface area contributed by atoms with Crippen LogP contribution in [0.3, 0.4) is 0 Å². The second-order valence-corrected chi connectivity index (χ2v) is 7.64. The molecule has 7 heteroatoms. The molecule has 0 unspecified atom stereocenters. The standard InChI is InChI=1S/C24H32N6O/c1-17-7-6-8-18(2)22(17)13-14-25-24(27-16-23-29-28-19(3)30(23)4)26-15-20-9-11-21(31-5)12-10-20/h6-12H,13-16H2,1-5H3,(H2,25,26,27). The van der Waals surface area contributed by atoms with E-state index in [-0.39, 0.29) is 0 Å². The van der Waals surface area contributed by atoms with Crippen molar-refractivity contribution >= 4 is 5.96 Å². The average molecular weight is 421 g/mol. The van der Waals surface area contributed by atoms with Crippen molar-refractivity contribution in [1.29, 1.82) is 0 Å². The Morgan fingerprint density at radius 1 is 1.00 bits per heavy atom.